The van der Waals surface area contributed by atoms with E-state index in [-0.39, 0.29) is 11.7 Å². The third-order valence-electron chi connectivity index (χ3n) is 5.02. The van der Waals surface area contributed by atoms with Crippen molar-refractivity contribution >= 4 is 28.8 Å². The number of hydrogen-bond acceptors (Lipinski definition) is 8. The third kappa shape index (κ3) is 5.09. The zero-order chi connectivity index (χ0) is 23.4. The Hall–Kier alpha value is -3.36. The number of allylic oxidation sites excluding steroid dienone is 2. The van der Waals surface area contributed by atoms with Crippen molar-refractivity contribution in [1.82, 2.24) is 0 Å². The van der Waals surface area contributed by atoms with Crippen molar-refractivity contribution in [2.75, 3.05) is 16.5 Å². The minimum Gasteiger partial charge on any atom is -0.456 e. The average molecular weight is 459 g/mol. The lowest BCUT2D eigenvalue weighted by molar-refractivity contribution is 0.102. The zero-order valence-corrected chi connectivity index (χ0v) is 18.9. The number of rotatable bonds is 4. The first-order chi connectivity index (χ1) is 15.2. The molecule has 0 spiro atoms. The monoisotopic (exact) mass is 458 g/mol. The number of carbonyl (C=O) groups excluding carboxylic acids is 1. The van der Waals surface area contributed by atoms with Crippen LogP contribution in [0.2, 0.25) is 0 Å². The van der Waals surface area contributed by atoms with Crippen LogP contribution in [0.25, 0.3) is 0 Å². The van der Waals surface area contributed by atoms with Gasteiger partial charge >= 0.3 is 0 Å². The number of benzene rings is 2. The molecular formula is C23H27ClN4O4. The number of ether oxygens (including phenoxy) is 2. The molecule has 1 unspecified atom stereocenters. The van der Waals surface area contributed by atoms with Crippen LogP contribution in [0.5, 0.6) is 11.5 Å². The molecule has 0 bridgehead atoms. The number of fused-ring (bicyclic) bond motifs is 2. The van der Waals surface area contributed by atoms with Crippen molar-refractivity contribution in [1.29, 1.82) is 0 Å². The van der Waals surface area contributed by atoms with Gasteiger partial charge in [0.1, 0.15) is 23.2 Å². The van der Waals surface area contributed by atoms with E-state index in [4.69, 9.17) is 32.5 Å². The van der Waals surface area contributed by atoms with Gasteiger partial charge in [-0.2, -0.15) is 0 Å². The fourth-order valence-electron chi connectivity index (χ4n) is 3.05. The predicted octanol–water partition coefficient (Wildman–Crippen LogP) is 4.14. The van der Waals surface area contributed by atoms with E-state index in [1.54, 1.807) is 32.0 Å². The van der Waals surface area contributed by atoms with Crippen molar-refractivity contribution in [3.63, 3.8) is 0 Å². The molecule has 0 aliphatic carbocycles. The third-order valence-corrected chi connectivity index (χ3v) is 5.26. The first-order valence-corrected chi connectivity index (χ1v) is 10.6. The molecule has 32 heavy (non-hydrogen) atoms. The minimum absolute atomic E-state index is 0.0377. The molecule has 1 atom stereocenters. The summed E-state index contributed by atoms with van der Waals surface area (Å²) in [6.07, 6.45) is 0.240. The first kappa shape index (κ1) is 23.3. The summed E-state index contributed by atoms with van der Waals surface area (Å²) in [4.78, 5) is 11.4. The Kier molecular flexibility index (Phi) is 7.17. The lowest BCUT2D eigenvalue weighted by Crippen LogP contribution is -2.19. The predicted molar refractivity (Wildman–Crippen MR) is 125 cm³/mol. The van der Waals surface area contributed by atoms with Crippen LogP contribution in [0.3, 0.4) is 0 Å². The number of Topliss-reactive ketones (excluding diaryl/α,β-unsaturated/α-hetero) is 1. The van der Waals surface area contributed by atoms with Gasteiger partial charge in [0.05, 0.1) is 23.4 Å². The van der Waals surface area contributed by atoms with Gasteiger partial charge in [0.15, 0.2) is 17.3 Å². The van der Waals surface area contributed by atoms with Gasteiger partial charge in [0.25, 0.3) is 0 Å². The van der Waals surface area contributed by atoms with E-state index in [2.05, 4.69) is 10.6 Å². The molecule has 4 rings (SSSR count). The summed E-state index contributed by atoms with van der Waals surface area (Å²) < 4.78 is 11.0. The van der Waals surface area contributed by atoms with Gasteiger partial charge in [-0.25, -0.2) is 0 Å². The average Bonchev–Trinajstić information content (AvgIpc) is 2.79. The molecule has 2 aromatic rings. The summed E-state index contributed by atoms with van der Waals surface area (Å²) >= 11 is 5.49. The summed E-state index contributed by atoms with van der Waals surface area (Å²) in [7, 11) is 0. The Bertz CT molecular complexity index is 1100. The van der Waals surface area contributed by atoms with Crippen LogP contribution in [0.4, 0.5) is 11.4 Å². The second-order valence-electron chi connectivity index (χ2n) is 7.34. The molecule has 2 aliphatic rings. The molecule has 2 aromatic carbocycles. The highest BCUT2D eigenvalue weighted by molar-refractivity contribution is 6.30. The molecule has 8 nitrogen and oxygen atoms in total. The molecule has 0 saturated heterocycles. The molecule has 2 heterocycles. The second kappa shape index (κ2) is 9.84. The van der Waals surface area contributed by atoms with Crippen molar-refractivity contribution in [2.24, 2.45) is 11.5 Å². The van der Waals surface area contributed by atoms with E-state index in [1.807, 2.05) is 25.1 Å². The van der Waals surface area contributed by atoms with Crippen LogP contribution < -0.4 is 31.6 Å². The molecular weight excluding hydrogens is 432 g/mol. The van der Waals surface area contributed by atoms with Crippen molar-refractivity contribution in [3.05, 3.63) is 70.7 Å². The van der Waals surface area contributed by atoms with Crippen LogP contribution in [0.15, 0.2) is 59.6 Å². The maximum absolute atomic E-state index is 11.4. The Morgan fingerprint density at radius 2 is 1.53 bits per heavy atom. The highest BCUT2D eigenvalue weighted by Gasteiger charge is 2.17. The first-order valence-electron chi connectivity index (χ1n) is 10.1. The number of nitrogens with two attached hydrogens (primary N) is 2. The number of halogens is 1. The van der Waals surface area contributed by atoms with Crippen molar-refractivity contribution in [2.45, 2.75) is 33.3 Å². The standard InChI is InChI=1S/C12H16N2O2.C11H11ClN2O2/c1-3-10(15)8-4-5-11-9(6-8)14-12(13)7(2)16-11;1-6-11(13)14-8-4-7(9(15)5-12)2-3-10(8)16-6/h4-6,10,14-15H,3,13H2,1-2H3;2-4,14H,5,13H2,1H3. The fraction of sp³-hybridized carbons (Fsp3) is 0.261. The van der Waals surface area contributed by atoms with E-state index < -0.39 is 6.10 Å². The van der Waals surface area contributed by atoms with Crippen LogP contribution >= 0.6 is 11.6 Å². The summed E-state index contributed by atoms with van der Waals surface area (Å²) in [5, 5.41) is 15.8. The number of hydrogen-bond donors (Lipinski definition) is 5. The van der Waals surface area contributed by atoms with Gasteiger partial charge in [-0.1, -0.05) is 13.0 Å². The van der Waals surface area contributed by atoms with Crippen LogP contribution in [0.1, 0.15) is 49.2 Å². The second-order valence-corrected chi connectivity index (χ2v) is 7.61. The van der Waals surface area contributed by atoms with E-state index in [0.29, 0.717) is 46.6 Å². The summed E-state index contributed by atoms with van der Waals surface area (Å²) in [5.41, 5.74) is 14.3. The number of anilines is 2. The Balaban J connectivity index is 0.000000181. The Morgan fingerprint density at radius 3 is 2.06 bits per heavy atom. The highest BCUT2D eigenvalue weighted by Crippen LogP contribution is 2.34. The smallest absolute Gasteiger partial charge is 0.177 e. The number of aliphatic hydroxyl groups excluding tert-OH is 1. The summed E-state index contributed by atoms with van der Waals surface area (Å²) in [6, 6.07) is 10.6. The van der Waals surface area contributed by atoms with Crippen molar-refractivity contribution in [3.8, 4) is 11.5 Å². The maximum Gasteiger partial charge on any atom is 0.177 e. The zero-order valence-electron chi connectivity index (χ0n) is 18.2. The lowest BCUT2D eigenvalue weighted by atomic mass is 10.1. The number of nitrogens with one attached hydrogen (secondary N) is 2. The lowest BCUT2D eigenvalue weighted by Gasteiger charge is -2.22. The molecule has 2 aliphatic heterocycles. The van der Waals surface area contributed by atoms with Gasteiger partial charge in [-0.3, -0.25) is 4.79 Å². The largest absolute Gasteiger partial charge is 0.456 e. The van der Waals surface area contributed by atoms with Gasteiger partial charge in [0.2, 0.25) is 0 Å². The van der Waals surface area contributed by atoms with E-state index in [0.717, 1.165) is 17.0 Å². The molecule has 0 fully saturated rings. The van der Waals surface area contributed by atoms with Crippen LogP contribution in [0, 0.1) is 0 Å². The summed E-state index contributed by atoms with van der Waals surface area (Å²) in [6.45, 7) is 5.51. The van der Waals surface area contributed by atoms with Gasteiger partial charge in [-0.05, 0) is 56.2 Å². The topological polar surface area (TPSA) is 132 Å². The quantitative estimate of drug-likeness (QED) is 0.341. The Morgan fingerprint density at radius 1 is 1.00 bits per heavy atom. The fourth-order valence-corrected chi connectivity index (χ4v) is 3.20. The van der Waals surface area contributed by atoms with Gasteiger partial charge in [-0.15, -0.1) is 11.6 Å². The number of ketones is 1. The van der Waals surface area contributed by atoms with E-state index in [1.165, 1.54) is 0 Å². The molecule has 0 amide bonds. The molecule has 0 saturated carbocycles. The van der Waals surface area contributed by atoms with Crippen LogP contribution in [-0.4, -0.2) is 16.8 Å². The van der Waals surface area contributed by atoms with E-state index >= 15 is 0 Å². The Labute approximate surface area is 191 Å². The van der Waals surface area contributed by atoms with Gasteiger partial charge < -0.3 is 36.7 Å². The van der Waals surface area contributed by atoms with Crippen molar-refractivity contribution < 1.29 is 19.4 Å². The number of aliphatic hydroxyl groups is 1. The summed E-state index contributed by atoms with van der Waals surface area (Å²) in [5.74, 6) is 3.45. The molecule has 170 valence electrons. The molecule has 0 aromatic heterocycles. The maximum atomic E-state index is 11.4. The molecule has 7 N–H and O–H groups in total. The van der Waals surface area contributed by atoms with Gasteiger partial charge in [0, 0.05) is 5.56 Å². The normalized spacial score (nSPS) is 15.0. The SMILES string of the molecule is CC1=C(N)Nc2cc(C(=O)CCl)ccc2O1.CCC(O)c1ccc2c(c1)NC(N)=C(C)O2. The van der Waals surface area contributed by atoms with E-state index in [9.17, 15) is 9.90 Å². The minimum atomic E-state index is -0.444. The number of carbonyl (C=O) groups is 1. The molecule has 9 heteroatoms. The molecule has 0 radical (unpaired) electrons. The number of alkyl halides is 1. The van der Waals surface area contributed by atoms with Crippen LogP contribution in [-0.2, 0) is 0 Å². The highest BCUT2D eigenvalue weighted by atomic mass is 35.5.